The number of esters is 1. The van der Waals surface area contributed by atoms with Gasteiger partial charge < -0.3 is 24.4 Å². The number of carbonyl (C=O) groups excluding carboxylic acids is 1. The van der Waals surface area contributed by atoms with E-state index in [4.69, 9.17) is 14.2 Å². The number of hydrogen-bond acceptors (Lipinski definition) is 6. The van der Waals surface area contributed by atoms with Gasteiger partial charge >= 0.3 is 5.97 Å². The van der Waals surface area contributed by atoms with Gasteiger partial charge in [-0.2, -0.15) is 0 Å². The van der Waals surface area contributed by atoms with Gasteiger partial charge in [-0.15, -0.1) is 0 Å². The molecule has 23 heavy (non-hydrogen) atoms. The predicted molar refractivity (Wildman–Crippen MR) is 81.4 cm³/mol. The first-order chi connectivity index (χ1) is 11.0. The molecule has 2 N–H and O–H groups in total. The zero-order valence-corrected chi connectivity index (χ0v) is 12.7. The highest BCUT2D eigenvalue weighted by atomic mass is 16.5. The molecule has 1 heterocycles. The molecule has 0 saturated heterocycles. The number of hydrogen-bond donors (Lipinski definition) is 2. The molecule has 1 aliphatic heterocycles. The Morgan fingerprint density at radius 1 is 1.09 bits per heavy atom. The Bertz CT molecular complexity index is 768. The van der Waals surface area contributed by atoms with Gasteiger partial charge in [0.15, 0.2) is 11.5 Å². The van der Waals surface area contributed by atoms with Crippen molar-refractivity contribution in [1.82, 2.24) is 0 Å². The zero-order chi connectivity index (χ0) is 16.6. The number of phenols is 2. The van der Waals surface area contributed by atoms with Gasteiger partial charge in [-0.3, -0.25) is 4.79 Å². The smallest absolute Gasteiger partial charge is 0.312 e. The maximum atomic E-state index is 11.9. The number of fused-ring (bicyclic) bond motifs is 1. The fourth-order valence-electron chi connectivity index (χ4n) is 2.82. The first-order valence-corrected chi connectivity index (χ1v) is 7.02. The standard InChI is InChI=1S/C17H16O6/c1-21-13-4-3-9(5-14(13)22-2)11-8-16(20)23-15-7-10(18)6-12(19)17(11)15/h3-7,11,18-19H,8H2,1-2H3/t11-/m1/s1. The molecule has 0 saturated carbocycles. The second-order valence-corrected chi connectivity index (χ2v) is 5.22. The second kappa shape index (κ2) is 5.72. The lowest BCUT2D eigenvalue weighted by Gasteiger charge is -2.26. The lowest BCUT2D eigenvalue weighted by molar-refractivity contribution is -0.135. The molecule has 0 unspecified atom stereocenters. The molecular formula is C17H16O6. The minimum Gasteiger partial charge on any atom is -0.508 e. The molecule has 0 bridgehead atoms. The van der Waals surface area contributed by atoms with Gasteiger partial charge in [-0.1, -0.05) is 6.07 Å². The van der Waals surface area contributed by atoms with E-state index in [1.165, 1.54) is 19.2 Å². The summed E-state index contributed by atoms with van der Waals surface area (Å²) >= 11 is 0. The SMILES string of the molecule is COc1ccc([C@H]2CC(=O)Oc3cc(O)cc(O)c32)cc1OC. The molecule has 0 fully saturated rings. The molecule has 0 radical (unpaired) electrons. The monoisotopic (exact) mass is 316 g/mol. The van der Waals surface area contributed by atoms with Gasteiger partial charge in [-0.05, 0) is 17.7 Å². The van der Waals surface area contributed by atoms with E-state index in [1.807, 2.05) is 0 Å². The summed E-state index contributed by atoms with van der Waals surface area (Å²) < 4.78 is 15.6. The predicted octanol–water partition coefficient (Wildman–Crippen LogP) is 2.56. The molecule has 1 aliphatic rings. The van der Waals surface area contributed by atoms with Crippen LogP contribution in [0.25, 0.3) is 0 Å². The minimum absolute atomic E-state index is 0.0841. The molecule has 120 valence electrons. The molecule has 6 heteroatoms. The summed E-state index contributed by atoms with van der Waals surface area (Å²) in [6.45, 7) is 0. The Morgan fingerprint density at radius 3 is 2.52 bits per heavy atom. The van der Waals surface area contributed by atoms with Crippen LogP contribution in [0.1, 0.15) is 23.5 Å². The average Bonchev–Trinajstić information content (AvgIpc) is 2.52. The topological polar surface area (TPSA) is 85.2 Å². The molecule has 0 aliphatic carbocycles. The van der Waals surface area contributed by atoms with Gasteiger partial charge in [0.25, 0.3) is 0 Å². The summed E-state index contributed by atoms with van der Waals surface area (Å²) in [6, 6.07) is 7.86. The van der Waals surface area contributed by atoms with Crippen LogP contribution in [0.5, 0.6) is 28.7 Å². The van der Waals surface area contributed by atoms with Crippen LogP contribution in [-0.4, -0.2) is 30.4 Å². The van der Waals surface area contributed by atoms with Crippen molar-refractivity contribution in [3.05, 3.63) is 41.5 Å². The number of aromatic hydroxyl groups is 2. The molecular weight excluding hydrogens is 300 g/mol. The van der Waals surface area contributed by atoms with E-state index in [-0.39, 0.29) is 23.7 Å². The summed E-state index contributed by atoms with van der Waals surface area (Å²) in [6.07, 6.45) is 0.0841. The van der Waals surface area contributed by atoms with Crippen LogP contribution < -0.4 is 14.2 Å². The number of phenolic OH excluding ortho intramolecular Hbond substituents is 2. The highest BCUT2D eigenvalue weighted by Gasteiger charge is 2.32. The third-order valence-corrected chi connectivity index (χ3v) is 3.86. The van der Waals surface area contributed by atoms with E-state index in [0.29, 0.717) is 17.1 Å². The fraction of sp³-hybridized carbons (Fsp3) is 0.235. The van der Waals surface area contributed by atoms with E-state index in [0.717, 1.165) is 5.56 Å². The van der Waals surface area contributed by atoms with E-state index in [2.05, 4.69) is 0 Å². The molecule has 3 rings (SSSR count). The Morgan fingerprint density at radius 2 is 1.83 bits per heavy atom. The van der Waals surface area contributed by atoms with Crippen LogP contribution in [0.3, 0.4) is 0 Å². The van der Waals surface area contributed by atoms with Crippen LogP contribution in [0.4, 0.5) is 0 Å². The number of ether oxygens (including phenoxy) is 3. The zero-order valence-electron chi connectivity index (χ0n) is 12.7. The molecule has 2 aromatic carbocycles. The lowest BCUT2D eigenvalue weighted by atomic mass is 9.85. The maximum absolute atomic E-state index is 11.9. The average molecular weight is 316 g/mol. The van der Waals surface area contributed by atoms with E-state index >= 15 is 0 Å². The molecule has 1 atom stereocenters. The van der Waals surface area contributed by atoms with Crippen molar-refractivity contribution in [1.29, 1.82) is 0 Å². The van der Waals surface area contributed by atoms with Gasteiger partial charge in [-0.25, -0.2) is 0 Å². The Balaban J connectivity index is 2.13. The van der Waals surface area contributed by atoms with E-state index in [9.17, 15) is 15.0 Å². The summed E-state index contributed by atoms with van der Waals surface area (Å²) in [5, 5.41) is 19.7. The highest BCUT2D eigenvalue weighted by molar-refractivity contribution is 5.79. The van der Waals surface area contributed by atoms with E-state index < -0.39 is 11.9 Å². The van der Waals surface area contributed by atoms with Crippen molar-refractivity contribution >= 4 is 5.97 Å². The summed E-state index contributed by atoms with van der Waals surface area (Å²) in [5.41, 5.74) is 1.25. The number of carbonyl (C=O) groups is 1. The summed E-state index contributed by atoms with van der Waals surface area (Å²) in [5.74, 6) is 0.162. The maximum Gasteiger partial charge on any atom is 0.312 e. The van der Waals surface area contributed by atoms with Crippen LogP contribution in [0.15, 0.2) is 30.3 Å². The third kappa shape index (κ3) is 2.63. The van der Waals surface area contributed by atoms with Crippen molar-refractivity contribution in [2.45, 2.75) is 12.3 Å². The third-order valence-electron chi connectivity index (χ3n) is 3.86. The number of methoxy groups -OCH3 is 2. The first kappa shape index (κ1) is 15.0. The lowest BCUT2D eigenvalue weighted by Crippen LogP contribution is -2.21. The molecule has 0 aromatic heterocycles. The molecule has 6 nitrogen and oxygen atoms in total. The quantitative estimate of drug-likeness (QED) is 0.668. The second-order valence-electron chi connectivity index (χ2n) is 5.22. The van der Waals surface area contributed by atoms with Gasteiger partial charge in [0.1, 0.15) is 17.2 Å². The highest BCUT2D eigenvalue weighted by Crippen LogP contribution is 2.46. The Labute approximate surface area is 132 Å². The van der Waals surface area contributed by atoms with Crippen molar-refractivity contribution in [3.8, 4) is 28.7 Å². The number of benzene rings is 2. The van der Waals surface area contributed by atoms with Crippen LogP contribution in [0, 0.1) is 0 Å². The Hall–Kier alpha value is -2.89. The largest absolute Gasteiger partial charge is 0.508 e. The van der Waals surface area contributed by atoms with Gasteiger partial charge in [0.2, 0.25) is 0 Å². The van der Waals surface area contributed by atoms with Crippen molar-refractivity contribution in [2.75, 3.05) is 14.2 Å². The Kier molecular flexibility index (Phi) is 3.73. The van der Waals surface area contributed by atoms with Crippen LogP contribution in [-0.2, 0) is 4.79 Å². The van der Waals surface area contributed by atoms with Crippen molar-refractivity contribution in [3.63, 3.8) is 0 Å². The van der Waals surface area contributed by atoms with Crippen LogP contribution in [0.2, 0.25) is 0 Å². The van der Waals surface area contributed by atoms with Gasteiger partial charge in [0.05, 0.1) is 20.6 Å². The molecule has 2 aromatic rings. The van der Waals surface area contributed by atoms with E-state index in [1.54, 1.807) is 25.3 Å². The molecule has 0 spiro atoms. The summed E-state index contributed by atoms with van der Waals surface area (Å²) in [4.78, 5) is 11.9. The minimum atomic E-state index is -0.428. The summed E-state index contributed by atoms with van der Waals surface area (Å²) in [7, 11) is 3.07. The van der Waals surface area contributed by atoms with Crippen molar-refractivity contribution < 1.29 is 29.2 Å². The first-order valence-electron chi connectivity index (χ1n) is 7.02. The van der Waals surface area contributed by atoms with Crippen LogP contribution >= 0.6 is 0 Å². The van der Waals surface area contributed by atoms with Gasteiger partial charge in [0, 0.05) is 23.6 Å². The van der Waals surface area contributed by atoms with Crippen molar-refractivity contribution in [2.24, 2.45) is 0 Å². The normalized spacial score (nSPS) is 16.4. The number of rotatable bonds is 3. The fourth-order valence-corrected chi connectivity index (χ4v) is 2.82. The molecule has 0 amide bonds.